The van der Waals surface area contributed by atoms with Crippen LogP contribution in [0, 0.1) is 22.7 Å². The second kappa shape index (κ2) is 4.64. The normalized spacial score (nSPS) is 41.6. The van der Waals surface area contributed by atoms with E-state index in [-0.39, 0.29) is 17.4 Å². The van der Waals surface area contributed by atoms with Crippen molar-refractivity contribution in [2.45, 2.75) is 64.4 Å². The maximum absolute atomic E-state index is 12.3. The zero-order valence-electron chi connectivity index (χ0n) is 12.7. The third-order valence-corrected chi connectivity index (χ3v) is 6.18. The SMILES string of the molecule is CC(C)(O)C12CC3CC(CC(COC(=O)C(F)F)(C3)C1)C2. The van der Waals surface area contributed by atoms with E-state index in [0.717, 1.165) is 32.1 Å². The standard InChI is InChI=1S/C16H24F2O3/c1-14(2,20)16-6-10-3-11(7-16)5-15(4-10,8-16)9-21-13(19)12(17)18/h10-12,20H,3-9H2,1-2H3. The van der Waals surface area contributed by atoms with E-state index in [1.807, 2.05) is 13.8 Å². The van der Waals surface area contributed by atoms with Crippen LogP contribution in [0.5, 0.6) is 0 Å². The van der Waals surface area contributed by atoms with Crippen molar-refractivity contribution in [1.29, 1.82) is 0 Å². The van der Waals surface area contributed by atoms with Crippen LogP contribution in [0.4, 0.5) is 8.78 Å². The number of hydrogen-bond acceptors (Lipinski definition) is 3. The molecule has 4 fully saturated rings. The van der Waals surface area contributed by atoms with Crippen LogP contribution in [0.3, 0.4) is 0 Å². The van der Waals surface area contributed by atoms with Crippen LogP contribution >= 0.6 is 0 Å². The van der Waals surface area contributed by atoms with Crippen molar-refractivity contribution in [3.05, 3.63) is 0 Å². The molecule has 0 aliphatic heterocycles. The topological polar surface area (TPSA) is 46.5 Å². The molecular formula is C16H24F2O3. The van der Waals surface area contributed by atoms with E-state index in [1.165, 1.54) is 6.42 Å². The Morgan fingerprint density at radius 2 is 1.86 bits per heavy atom. The molecule has 120 valence electrons. The lowest BCUT2D eigenvalue weighted by Gasteiger charge is -2.65. The number of esters is 1. The first-order valence-corrected chi connectivity index (χ1v) is 7.82. The van der Waals surface area contributed by atoms with Crippen LogP contribution in [0.2, 0.25) is 0 Å². The van der Waals surface area contributed by atoms with Crippen LogP contribution in [0.15, 0.2) is 0 Å². The van der Waals surface area contributed by atoms with Crippen LogP contribution in [-0.4, -0.2) is 29.7 Å². The third kappa shape index (κ3) is 2.47. The molecule has 0 aromatic rings. The van der Waals surface area contributed by atoms with Gasteiger partial charge in [-0.3, -0.25) is 0 Å². The lowest BCUT2D eigenvalue weighted by molar-refractivity contribution is -0.208. The summed E-state index contributed by atoms with van der Waals surface area (Å²) in [5, 5.41) is 10.6. The maximum Gasteiger partial charge on any atom is 0.373 e. The number of hydrogen-bond donors (Lipinski definition) is 1. The van der Waals surface area contributed by atoms with Crippen molar-refractivity contribution in [2.24, 2.45) is 22.7 Å². The van der Waals surface area contributed by atoms with E-state index in [4.69, 9.17) is 4.74 Å². The Morgan fingerprint density at radius 1 is 1.29 bits per heavy atom. The third-order valence-electron chi connectivity index (χ3n) is 6.18. The highest BCUT2D eigenvalue weighted by molar-refractivity contribution is 5.72. The van der Waals surface area contributed by atoms with Gasteiger partial charge >= 0.3 is 12.4 Å². The number of ether oxygens (including phenoxy) is 1. The molecule has 0 aromatic heterocycles. The molecule has 2 unspecified atom stereocenters. The number of halogens is 2. The van der Waals surface area contributed by atoms with Crippen LogP contribution in [-0.2, 0) is 9.53 Å². The van der Waals surface area contributed by atoms with Gasteiger partial charge in [0.05, 0.1) is 12.2 Å². The van der Waals surface area contributed by atoms with Gasteiger partial charge in [0.2, 0.25) is 0 Å². The minimum absolute atomic E-state index is 0.0843. The van der Waals surface area contributed by atoms with Gasteiger partial charge in [0.25, 0.3) is 0 Å². The lowest BCUT2D eigenvalue weighted by atomic mass is 9.41. The number of aliphatic hydroxyl groups is 1. The van der Waals surface area contributed by atoms with Gasteiger partial charge in [-0.1, -0.05) is 0 Å². The summed E-state index contributed by atoms with van der Waals surface area (Å²) in [4.78, 5) is 11.1. The Labute approximate surface area is 124 Å². The minimum Gasteiger partial charge on any atom is -0.461 e. The van der Waals surface area contributed by atoms with E-state index < -0.39 is 18.0 Å². The maximum atomic E-state index is 12.3. The molecule has 4 rings (SSSR count). The molecule has 21 heavy (non-hydrogen) atoms. The van der Waals surface area contributed by atoms with Crippen molar-refractivity contribution in [2.75, 3.05) is 6.61 Å². The second-order valence-corrected chi connectivity index (χ2v) is 8.21. The van der Waals surface area contributed by atoms with E-state index in [2.05, 4.69) is 0 Å². The highest BCUT2D eigenvalue weighted by atomic mass is 19.3. The zero-order valence-corrected chi connectivity index (χ0v) is 12.7. The fourth-order valence-electron chi connectivity index (χ4n) is 5.62. The molecular weight excluding hydrogens is 278 g/mol. The molecule has 4 saturated carbocycles. The zero-order chi connectivity index (χ0) is 15.5. The van der Waals surface area contributed by atoms with Crippen LogP contribution in [0.25, 0.3) is 0 Å². The predicted molar refractivity (Wildman–Crippen MR) is 72.8 cm³/mol. The smallest absolute Gasteiger partial charge is 0.373 e. The van der Waals surface area contributed by atoms with E-state index in [9.17, 15) is 18.7 Å². The van der Waals surface area contributed by atoms with Gasteiger partial charge in [0, 0.05) is 5.41 Å². The van der Waals surface area contributed by atoms with Crippen molar-refractivity contribution in [3.63, 3.8) is 0 Å². The fraction of sp³-hybridized carbons (Fsp3) is 0.938. The summed E-state index contributed by atoms with van der Waals surface area (Å²) in [7, 11) is 0. The van der Waals surface area contributed by atoms with Gasteiger partial charge in [0.1, 0.15) is 0 Å². The highest BCUT2D eigenvalue weighted by Gasteiger charge is 2.62. The molecule has 0 aromatic carbocycles. The van der Waals surface area contributed by atoms with E-state index >= 15 is 0 Å². The van der Waals surface area contributed by atoms with E-state index in [0.29, 0.717) is 11.8 Å². The Hall–Kier alpha value is -0.710. The summed E-state index contributed by atoms with van der Waals surface area (Å²) >= 11 is 0. The van der Waals surface area contributed by atoms with Gasteiger partial charge in [-0.25, -0.2) is 4.79 Å². The Kier molecular flexibility index (Phi) is 3.36. The number of carbonyl (C=O) groups excluding carboxylic acids is 1. The molecule has 0 amide bonds. The summed E-state index contributed by atoms with van der Waals surface area (Å²) in [6.07, 6.45) is 2.81. The van der Waals surface area contributed by atoms with Crippen molar-refractivity contribution in [3.8, 4) is 0 Å². The number of alkyl halides is 2. The quantitative estimate of drug-likeness (QED) is 0.812. The summed E-state index contributed by atoms with van der Waals surface area (Å²) in [6.45, 7) is 3.80. The van der Waals surface area contributed by atoms with Crippen molar-refractivity contribution < 1.29 is 23.4 Å². The molecule has 1 N–H and O–H groups in total. The number of carbonyl (C=O) groups is 1. The predicted octanol–water partition coefficient (Wildman–Crippen LogP) is 3.15. The largest absolute Gasteiger partial charge is 0.461 e. The van der Waals surface area contributed by atoms with Crippen LogP contribution in [0.1, 0.15) is 52.4 Å². The number of rotatable bonds is 4. The Morgan fingerprint density at radius 3 is 2.33 bits per heavy atom. The molecule has 0 saturated heterocycles. The van der Waals surface area contributed by atoms with Gasteiger partial charge < -0.3 is 9.84 Å². The molecule has 4 aliphatic rings. The molecule has 0 heterocycles. The Bertz CT molecular complexity index is 427. The van der Waals surface area contributed by atoms with Gasteiger partial charge in [-0.15, -0.1) is 0 Å². The summed E-state index contributed by atoms with van der Waals surface area (Å²) < 4.78 is 29.6. The van der Waals surface area contributed by atoms with Gasteiger partial charge in [0.15, 0.2) is 0 Å². The highest BCUT2D eigenvalue weighted by Crippen LogP contribution is 2.68. The molecule has 2 atom stereocenters. The van der Waals surface area contributed by atoms with Gasteiger partial charge in [-0.2, -0.15) is 8.78 Å². The van der Waals surface area contributed by atoms with Crippen molar-refractivity contribution >= 4 is 5.97 Å². The van der Waals surface area contributed by atoms with E-state index in [1.54, 1.807) is 0 Å². The van der Waals surface area contributed by atoms with Gasteiger partial charge in [-0.05, 0) is 69.6 Å². The Balaban J connectivity index is 1.79. The van der Waals surface area contributed by atoms with Crippen LogP contribution < -0.4 is 0 Å². The first-order valence-electron chi connectivity index (χ1n) is 7.82. The molecule has 4 aliphatic carbocycles. The fourth-order valence-corrected chi connectivity index (χ4v) is 5.62. The average Bonchev–Trinajstić information content (AvgIpc) is 2.33. The summed E-state index contributed by atoms with van der Waals surface area (Å²) in [5.74, 6) is -0.353. The molecule has 5 heteroatoms. The summed E-state index contributed by atoms with van der Waals surface area (Å²) in [6, 6.07) is 0. The average molecular weight is 302 g/mol. The second-order valence-electron chi connectivity index (χ2n) is 8.21. The molecule has 3 nitrogen and oxygen atoms in total. The molecule has 4 bridgehead atoms. The first-order chi connectivity index (χ1) is 9.65. The monoisotopic (exact) mass is 302 g/mol. The lowest BCUT2D eigenvalue weighted by Crippen LogP contribution is -2.60. The summed E-state index contributed by atoms with van der Waals surface area (Å²) in [5.41, 5.74) is -1.12. The van der Waals surface area contributed by atoms with Crippen molar-refractivity contribution in [1.82, 2.24) is 0 Å². The first kappa shape index (κ1) is 15.2. The minimum atomic E-state index is -3.05. The molecule has 0 radical (unpaired) electrons. The molecule has 0 spiro atoms.